The van der Waals surface area contributed by atoms with Crippen molar-refractivity contribution in [3.63, 3.8) is 0 Å². The zero-order chi connectivity index (χ0) is 9.71. The van der Waals surface area contributed by atoms with Gasteiger partial charge in [-0.25, -0.2) is 4.39 Å². The van der Waals surface area contributed by atoms with Crippen LogP contribution in [0.25, 0.3) is 10.9 Å². The van der Waals surface area contributed by atoms with Crippen molar-refractivity contribution in [3.8, 4) is 0 Å². The summed E-state index contributed by atoms with van der Waals surface area (Å²) < 4.78 is 15.3. The Hall–Kier alpha value is -1.38. The largest absolute Gasteiger partial charge is 0.261 e. The van der Waals surface area contributed by atoms with Gasteiger partial charge in [-0.3, -0.25) is 4.68 Å². The SMILES string of the molecule is Cc1c(F)ccc2cnn(C3CC3)c12. The first-order chi connectivity index (χ1) is 6.77. The third-order valence-corrected chi connectivity index (χ3v) is 2.84. The maximum atomic E-state index is 13.3. The summed E-state index contributed by atoms with van der Waals surface area (Å²) in [5.74, 6) is -0.139. The Balaban J connectivity index is 2.36. The molecule has 3 heteroatoms. The van der Waals surface area contributed by atoms with Crippen molar-refractivity contribution >= 4 is 10.9 Å². The summed E-state index contributed by atoms with van der Waals surface area (Å²) in [5.41, 5.74) is 1.68. The Morgan fingerprint density at radius 1 is 1.43 bits per heavy atom. The van der Waals surface area contributed by atoms with Gasteiger partial charge in [0.1, 0.15) is 5.82 Å². The lowest BCUT2D eigenvalue weighted by molar-refractivity contribution is 0.614. The third kappa shape index (κ3) is 0.983. The van der Waals surface area contributed by atoms with Crippen LogP contribution in [-0.4, -0.2) is 9.78 Å². The fourth-order valence-corrected chi connectivity index (χ4v) is 1.88. The van der Waals surface area contributed by atoms with E-state index in [4.69, 9.17) is 0 Å². The van der Waals surface area contributed by atoms with Gasteiger partial charge in [0.2, 0.25) is 0 Å². The maximum absolute atomic E-state index is 13.3. The monoisotopic (exact) mass is 190 g/mol. The van der Waals surface area contributed by atoms with Gasteiger partial charge in [-0.15, -0.1) is 0 Å². The highest BCUT2D eigenvalue weighted by Gasteiger charge is 2.26. The van der Waals surface area contributed by atoms with Crippen LogP contribution in [0.2, 0.25) is 0 Å². The Morgan fingerprint density at radius 3 is 2.93 bits per heavy atom. The smallest absolute Gasteiger partial charge is 0.128 e. The van der Waals surface area contributed by atoms with Gasteiger partial charge in [-0.05, 0) is 31.9 Å². The molecule has 0 atom stereocenters. The van der Waals surface area contributed by atoms with E-state index >= 15 is 0 Å². The van der Waals surface area contributed by atoms with E-state index in [2.05, 4.69) is 5.10 Å². The lowest BCUT2D eigenvalue weighted by Crippen LogP contribution is -1.97. The molecule has 1 aliphatic carbocycles. The molecule has 0 amide bonds. The van der Waals surface area contributed by atoms with Gasteiger partial charge in [-0.1, -0.05) is 0 Å². The molecule has 72 valence electrons. The molecule has 1 aromatic heterocycles. The summed E-state index contributed by atoms with van der Waals surface area (Å²) in [6.07, 6.45) is 4.17. The molecule has 1 aromatic carbocycles. The molecule has 0 radical (unpaired) electrons. The number of rotatable bonds is 1. The van der Waals surface area contributed by atoms with Gasteiger partial charge in [0, 0.05) is 10.9 Å². The number of benzene rings is 1. The van der Waals surface area contributed by atoms with E-state index < -0.39 is 0 Å². The molecule has 0 bridgehead atoms. The normalized spacial score (nSPS) is 16.4. The first-order valence-electron chi connectivity index (χ1n) is 4.89. The van der Waals surface area contributed by atoms with Gasteiger partial charge in [0.15, 0.2) is 0 Å². The van der Waals surface area contributed by atoms with Crippen LogP contribution in [0.4, 0.5) is 4.39 Å². The fraction of sp³-hybridized carbons (Fsp3) is 0.364. The zero-order valence-electron chi connectivity index (χ0n) is 8.00. The molecule has 1 saturated carbocycles. The molecule has 0 N–H and O–H groups in total. The summed E-state index contributed by atoms with van der Waals surface area (Å²) in [4.78, 5) is 0. The molecule has 3 rings (SSSR count). The standard InChI is InChI=1S/C11H11FN2/c1-7-10(12)5-2-8-6-13-14(11(7)8)9-3-4-9/h2,5-6,9H,3-4H2,1H3. The van der Waals surface area contributed by atoms with Crippen LogP contribution in [0.3, 0.4) is 0 Å². The summed E-state index contributed by atoms with van der Waals surface area (Å²) >= 11 is 0. The van der Waals surface area contributed by atoms with Gasteiger partial charge in [0.25, 0.3) is 0 Å². The number of hydrogen-bond donors (Lipinski definition) is 0. The molecule has 1 aliphatic rings. The molecule has 0 spiro atoms. The lowest BCUT2D eigenvalue weighted by Gasteiger charge is -2.03. The van der Waals surface area contributed by atoms with Crippen LogP contribution < -0.4 is 0 Å². The molecule has 2 nitrogen and oxygen atoms in total. The highest BCUT2D eigenvalue weighted by atomic mass is 19.1. The number of nitrogens with zero attached hydrogens (tertiary/aromatic N) is 2. The van der Waals surface area contributed by atoms with Crippen molar-refractivity contribution in [1.29, 1.82) is 0 Å². The van der Waals surface area contributed by atoms with Gasteiger partial charge < -0.3 is 0 Å². The first kappa shape index (κ1) is 7.97. The van der Waals surface area contributed by atoms with Crippen molar-refractivity contribution in [3.05, 3.63) is 29.7 Å². The average molecular weight is 190 g/mol. The highest BCUT2D eigenvalue weighted by Crippen LogP contribution is 2.37. The molecule has 0 saturated heterocycles. The Bertz CT molecular complexity index is 497. The van der Waals surface area contributed by atoms with E-state index in [0.29, 0.717) is 11.6 Å². The maximum Gasteiger partial charge on any atom is 0.128 e. The van der Waals surface area contributed by atoms with Crippen LogP contribution >= 0.6 is 0 Å². The molecule has 0 aliphatic heterocycles. The van der Waals surface area contributed by atoms with Crippen LogP contribution in [0, 0.1) is 12.7 Å². The van der Waals surface area contributed by atoms with E-state index in [9.17, 15) is 4.39 Å². The second-order valence-electron chi connectivity index (χ2n) is 3.93. The summed E-state index contributed by atoms with van der Waals surface area (Å²) in [7, 11) is 0. The van der Waals surface area contributed by atoms with E-state index in [1.807, 2.05) is 17.8 Å². The minimum Gasteiger partial charge on any atom is -0.261 e. The summed E-state index contributed by atoms with van der Waals surface area (Å²) in [5, 5.41) is 5.35. The second kappa shape index (κ2) is 2.56. The topological polar surface area (TPSA) is 17.8 Å². The predicted octanol–water partition coefficient (Wildman–Crippen LogP) is 2.82. The number of hydrogen-bond acceptors (Lipinski definition) is 1. The predicted molar refractivity (Wildman–Crippen MR) is 52.7 cm³/mol. The quantitative estimate of drug-likeness (QED) is 0.676. The van der Waals surface area contributed by atoms with Crippen LogP contribution in [0.5, 0.6) is 0 Å². The first-order valence-corrected chi connectivity index (χ1v) is 4.89. The molecule has 0 unspecified atom stereocenters. The molecule has 2 aromatic rings. The van der Waals surface area contributed by atoms with Crippen molar-refractivity contribution in [1.82, 2.24) is 9.78 Å². The minimum atomic E-state index is -0.139. The summed E-state index contributed by atoms with van der Waals surface area (Å²) in [6.45, 7) is 1.82. The number of halogens is 1. The Labute approximate surface area is 81.3 Å². The molecule has 14 heavy (non-hydrogen) atoms. The second-order valence-corrected chi connectivity index (χ2v) is 3.93. The van der Waals surface area contributed by atoms with Crippen molar-refractivity contribution in [2.24, 2.45) is 0 Å². The van der Waals surface area contributed by atoms with E-state index in [0.717, 1.165) is 10.9 Å². The molecule has 1 fully saturated rings. The minimum absolute atomic E-state index is 0.139. The third-order valence-electron chi connectivity index (χ3n) is 2.84. The Kier molecular flexibility index (Phi) is 1.46. The molecular formula is C11H11FN2. The van der Waals surface area contributed by atoms with E-state index in [1.165, 1.54) is 18.9 Å². The van der Waals surface area contributed by atoms with Crippen molar-refractivity contribution < 1.29 is 4.39 Å². The van der Waals surface area contributed by atoms with Crippen LogP contribution in [0.15, 0.2) is 18.3 Å². The van der Waals surface area contributed by atoms with Crippen molar-refractivity contribution in [2.45, 2.75) is 25.8 Å². The molecular weight excluding hydrogens is 179 g/mol. The molecule has 1 heterocycles. The van der Waals surface area contributed by atoms with Crippen molar-refractivity contribution in [2.75, 3.05) is 0 Å². The Morgan fingerprint density at radius 2 is 2.21 bits per heavy atom. The highest BCUT2D eigenvalue weighted by molar-refractivity contribution is 5.82. The van der Waals surface area contributed by atoms with E-state index in [1.54, 1.807) is 6.07 Å². The van der Waals surface area contributed by atoms with Crippen LogP contribution in [0.1, 0.15) is 24.4 Å². The van der Waals surface area contributed by atoms with Crippen LogP contribution in [-0.2, 0) is 0 Å². The van der Waals surface area contributed by atoms with E-state index in [-0.39, 0.29) is 5.82 Å². The number of aryl methyl sites for hydroxylation is 1. The lowest BCUT2D eigenvalue weighted by atomic mass is 10.1. The van der Waals surface area contributed by atoms with Gasteiger partial charge in [0.05, 0.1) is 17.8 Å². The zero-order valence-corrected chi connectivity index (χ0v) is 8.00. The average Bonchev–Trinajstić information content (AvgIpc) is 2.93. The fourth-order valence-electron chi connectivity index (χ4n) is 1.88. The number of aromatic nitrogens is 2. The van der Waals surface area contributed by atoms with Gasteiger partial charge in [-0.2, -0.15) is 5.10 Å². The van der Waals surface area contributed by atoms with Gasteiger partial charge >= 0.3 is 0 Å². The summed E-state index contributed by atoms with van der Waals surface area (Å²) in [6, 6.07) is 3.81. The number of fused-ring (bicyclic) bond motifs is 1.